The summed E-state index contributed by atoms with van der Waals surface area (Å²) in [7, 11) is 0. The van der Waals surface area contributed by atoms with Gasteiger partial charge in [-0.25, -0.2) is 0 Å². The van der Waals surface area contributed by atoms with Crippen molar-refractivity contribution in [1.82, 2.24) is 0 Å². The molecule has 0 saturated carbocycles. The maximum absolute atomic E-state index is 11.3. The van der Waals surface area contributed by atoms with E-state index < -0.39 is 49.5 Å². The van der Waals surface area contributed by atoms with Crippen LogP contribution in [0.4, 0.5) is 0 Å². The molecule has 0 N–H and O–H groups in total. The molecule has 88 valence electrons. The summed E-state index contributed by atoms with van der Waals surface area (Å²) >= 11 is -5.14. The van der Waals surface area contributed by atoms with Crippen LogP contribution in [-0.2, 0) is 15.7 Å². The molecule has 0 aliphatic carbocycles. The fourth-order valence-corrected chi connectivity index (χ4v) is 5.18. The third kappa shape index (κ3) is 10.8. The predicted octanol–water partition coefficient (Wildman–Crippen LogP) is 2.13. The zero-order valence-electron chi connectivity index (χ0n) is 10.3. The van der Waals surface area contributed by atoms with Crippen LogP contribution in [0.15, 0.2) is 0 Å². The van der Waals surface area contributed by atoms with Crippen LogP contribution in [0.5, 0.6) is 0 Å². The monoisotopic (exact) mass is 432 g/mol. The Bertz CT molecular complexity index is 224. The van der Waals surface area contributed by atoms with Crippen LogP contribution in [0.2, 0.25) is 29.6 Å². The van der Waals surface area contributed by atoms with Crippen molar-refractivity contribution in [3.05, 3.63) is 0 Å². The van der Waals surface area contributed by atoms with Gasteiger partial charge in [0.1, 0.15) is 0 Å². The average Bonchev–Trinajstić information content (AvgIpc) is 1.73. The fourth-order valence-electron chi connectivity index (χ4n) is 0.873. The minimum absolute atomic E-state index is 0.234. The molecule has 0 saturated heterocycles. The van der Waals surface area contributed by atoms with Crippen LogP contribution in [0, 0.1) is 0 Å². The van der Waals surface area contributed by atoms with Gasteiger partial charge in [-0.15, -0.1) is 0 Å². The summed E-state index contributed by atoms with van der Waals surface area (Å²) in [6, 6.07) is 0. The van der Waals surface area contributed by atoms with Gasteiger partial charge in [0.05, 0.1) is 0 Å². The topological polar surface area (TPSA) is 52.6 Å². The van der Waals surface area contributed by atoms with Crippen LogP contribution >= 0.6 is 0 Å². The van der Waals surface area contributed by atoms with Gasteiger partial charge in [-0.1, -0.05) is 0 Å². The van der Waals surface area contributed by atoms with Gasteiger partial charge in [0.15, 0.2) is 0 Å². The van der Waals surface area contributed by atoms with E-state index in [1.165, 1.54) is 0 Å². The number of carbonyl (C=O) groups is 2. The van der Waals surface area contributed by atoms with E-state index in [-0.39, 0.29) is 6.42 Å². The van der Waals surface area contributed by atoms with Gasteiger partial charge < -0.3 is 0 Å². The maximum atomic E-state index is 11.3. The standard InChI is InChI=1S/C3H4O4.6CH3.2Sn/c4-2(5)1-3(6)7;;;;;;;;/h1H2,(H,4,5)(H,6,7);6*1H3;;/q;;;;;;;2*+1/p-2. The van der Waals surface area contributed by atoms with Crippen molar-refractivity contribution in [1.29, 1.82) is 0 Å². The van der Waals surface area contributed by atoms with E-state index in [9.17, 15) is 9.59 Å². The quantitative estimate of drug-likeness (QED) is 0.507. The normalized spacial score (nSPS) is 12.1. The van der Waals surface area contributed by atoms with E-state index >= 15 is 0 Å². The first kappa shape index (κ1) is 15.5. The molecule has 15 heavy (non-hydrogen) atoms. The molecule has 0 heterocycles. The van der Waals surface area contributed by atoms with E-state index in [4.69, 9.17) is 6.15 Å². The van der Waals surface area contributed by atoms with Crippen LogP contribution in [0.3, 0.4) is 0 Å². The van der Waals surface area contributed by atoms with E-state index in [2.05, 4.69) is 0 Å². The predicted molar refractivity (Wildman–Crippen MR) is 63.5 cm³/mol. The summed E-state index contributed by atoms with van der Waals surface area (Å²) < 4.78 is 10.4. The molecule has 0 fully saturated rings. The van der Waals surface area contributed by atoms with Crippen molar-refractivity contribution in [2.24, 2.45) is 0 Å². The Kier molecular flexibility index (Phi) is 5.95. The molecule has 4 nitrogen and oxygen atoms in total. The molecule has 0 amide bonds. The van der Waals surface area contributed by atoms with Gasteiger partial charge in [0.25, 0.3) is 0 Å². The third-order valence-electron chi connectivity index (χ3n) is 1.13. The molecule has 0 spiro atoms. The molecule has 0 rings (SSSR count). The molecular weight excluding hydrogens is 410 g/mol. The molecule has 0 aromatic carbocycles. The van der Waals surface area contributed by atoms with Crippen LogP contribution in [0.25, 0.3) is 0 Å². The number of rotatable bonds is 4. The molecule has 0 aliphatic rings. The molecular formula is C9H20O4Sn2. The van der Waals surface area contributed by atoms with Crippen molar-refractivity contribution in [2.45, 2.75) is 36.1 Å². The van der Waals surface area contributed by atoms with Crippen molar-refractivity contribution in [3.63, 3.8) is 0 Å². The first-order chi connectivity index (χ1) is 6.49. The third-order valence-corrected chi connectivity index (χ3v) is 5.92. The molecule has 0 unspecified atom stereocenters. The minimum atomic E-state index is -2.57. The Hall–Kier alpha value is 0.537. The van der Waals surface area contributed by atoms with Gasteiger partial charge >= 0.3 is 101 Å². The second kappa shape index (κ2) is 5.74. The Morgan fingerprint density at radius 1 is 0.800 bits per heavy atom. The summed E-state index contributed by atoms with van der Waals surface area (Å²) in [5.41, 5.74) is 0. The van der Waals surface area contributed by atoms with Crippen molar-refractivity contribution < 1.29 is 15.7 Å². The molecule has 0 aromatic heterocycles. The molecule has 0 atom stereocenters. The summed E-state index contributed by atoms with van der Waals surface area (Å²) in [6.07, 6.45) is -0.234. The van der Waals surface area contributed by atoms with Crippen LogP contribution in [0.1, 0.15) is 6.42 Å². The second-order valence-electron chi connectivity index (χ2n) is 5.35. The molecule has 6 heteroatoms. The SMILES string of the molecule is [CH3][Sn]([CH3])([CH3])[O]C(=O)CC(=O)[O][Sn]([CH3])([CH3])[CH3]. The fraction of sp³-hybridized carbons (Fsp3) is 0.778. The van der Waals surface area contributed by atoms with Crippen LogP contribution < -0.4 is 0 Å². The number of carbonyl (C=O) groups excluding carboxylic acids is 2. The number of hydrogen-bond acceptors (Lipinski definition) is 4. The first-order valence-electron chi connectivity index (χ1n) is 4.93. The van der Waals surface area contributed by atoms with Gasteiger partial charge in [-0.05, 0) is 0 Å². The summed E-state index contributed by atoms with van der Waals surface area (Å²) in [5.74, 6) is -0.863. The van der Waals surface area contributed by atoms with E-state index in [0.717, 1.165) is 0 Å². The number of hydrogen-bond donors (Lipinski definition) is 0. The summed E-state index contributed by atoms with van der Waals surface area (Å²) in [4.78, 5) is 34.5. The van der Waals surface area contributed by atoms with E-state index in [1.54, 1.807) is 0 Å². The van der Waals surface area contributed by atoms with Gasteiger partial charge in [-0.2, -0.15) is 0 Å². The van der Waals surface area contributed by atoms with Gasteiger partial charge in [0, 0.05) is 0 Å². The van der Waals surface area contributed by atoms with E-state index in [1.807, 2.05) is 29.6 Å². The summed E-state index contributed by atoms with van der Waals surface area (Å²) in [5, 5.41) is 0. The molecule has 0 aromatic rings. The van der Waals surface area contributed by atoms with E-state index in [0.29, 0.717) is 0 Å². The van der Waals surface area contributed by atoms with Crippen molar-refractivity contribution >= 4 is 49.5 Å². The molecule has 0 aliphatic heterocycles. The van der Waals surface area contributed by atoms with Gasteiger partial charge in [-0.3, -0.25) is 0 Å². The average molecular weight is 430 g/mol. The Balaban J connectivity index is 4.04. The first-order valence-corrected chi connectivity index (χ1v) is 24.4. The Morgan fingerprint density at radius 3 is 1.27 bits per heavy atom. The summed E-state index contributed by atoms with van der Waals surface area (Å²) in [6.45, 7) is 0. The van der Waals surface area contributed by atoms with Crippen LogP contribution in [-0.4, -0.2) is 49.5 Å². The zero-order valence-corrected chi connectivity index (χ0v) is 16.0. The Morgan fingerprint density at radius 2 is 1.07 bits per heavy atom. The Labute approximate surface area is 101 Å². The van der Waals surface area contributed by atoms with Gasteiger partial charge in [0.2, 0.25) is 0 Å². The van der Waals surface area contributed by atoms with Crippen molar-refractivity contribution in [2.75, 3.05) is 0 Å². The molecule has 0 radical (unpaired) electrons. The van der Waals surface area contributed by atoms with Crippen molar-refractivity contribution in [3.8, 4) is 0 Å². The zero-order chi connectivity index (χ0) is 12.3. The second-order valence-corrected chi connectivity index (χ2v) is 30.6. The molecule has 0 bridgehead atoms.